The van der Waals surface area contributed by atoms with Crippen LogP contribution < -0.4 is 0 Å². The molecule has 0 saturated carbocycles. The first kappa shape index (κ1) is 33.6. The molecule has 13 rings (SSSR count). The van der Waals surface area contributed by atoms with Crippen molar-refractivity contribution in [1.82, 2.24) is 24.1 Å². The van der Waals surface area contributed by atoms with Crippen molar-refractivity contribution >= 4 is 76.3 Å². The van der Waals surface area contributed by atoms with Gasteiger partial charge in [-0.3, -0.25) is 0 Å². The van der Waals surface area contributed by atoms with Crippen LogP contribution in [-0.2, 0) is 0 Å². The molecule has 61 heavy (non-hydrogen) atoms. The van der Waals surface area contributed by atoms with Crippen molar-refractivity contribution < 1.29 is 4.42 Å². The van der Waals surface area contributed by atoms with Crippen molar-refractivity contribution in [3.63, 3.8) is 0 Å². The van der Waals surface area contributed by atoms with E-state index >= 15 is 0 Å². The van der Waals surface area contributed by atoms with E-state index in [9.17, 15) is 0 Å². The van der Waals surface area contributed by atoms with Crippen LogP contribution in [0.2, 0.25) is 0 Å². The van der Waals surface area contributed by atoms with Gasteiger partial charge in [-0.25, -0.2) is 15.0 Å². The molecule has 0 aliphatic rings. The Balaban J connectivity index is 1.01. The SMILES string of the molecule is c1ccc(-c2nc(-c3ccccc3)nc(-c3ccc(-n4c5ccccc5c5cc6c(cc54)oc4cc(-n5c7ccccc7c7ccccc75)ccc46)c4ccccc34)n2)cc1. The van der Waals surface area contributed by atoms with Gasteiger partial charge in [0.1, 0.15) is 11.2 Å². The fourth-order valence-corrected chi connectivity index (χ4v) is 9.43. The Bertz CT molecular complexity index is 3770. The Kier molecular flexibility index (Phi) is 7.21. The number of aromatic nitrogens is 5. The van der Waals surface area contributed by atoms with Crippen LogP contribution in [0.4, 0.5) is 0 Å². The lowest BCUT2D eigenvalue weighted by Gasteiger charge is -2.15. The standard InChI is InChI=1S/C55H33N5O/c1-3-15-34(16-4-1)53-56-54(35-17-5-2-6-18-35)58-55(57-53)43-29-30-49(38-20-8-7-19-37(38)43)60-48-26-14-11-23-41(48)44-32-45-42-28-27-36(31-51(42)61-52(45)33-50(44)60)59-46-24-12-9-21-39(46)40-22-10-13-25-47(40)59/h1-33H. The largest absolute Gasteiger partial charge is 0.456 e. The van der Waals surface area contributed by atoms with E-state index in [1.165, 1.54) is 32.6 Å². The molecular weight excluding hydrogens is 747 g/mol. The molecule has 13 aromatic rings. The zero-order valence-corrected chi connectivity index (χ0v) is 32.7. The first-order valence-corrected chi connectivity index (χ1v) is 20.5. The molecule has 0 amide bonds. The number of benzene rings is 9. The summed E-state index contributed by atoms with van der Waals surface area (Å²) in [4.78, 5) is 15.2. The number of nitrogens with zero attached hydrogens (tertiary/aromatic N) is 5. The smallest absolute Gasteiger partial charge is 0.164 e. The molecule has 4 heterocycles. The number of para-hydroxylation sites is 3. The van der Waals surface area contributed by atoms with Crippen molar-refractivity contribution in [3.8, 4) is 45.5 Å². The van der Waals surface area contributed by atoms with Crippen LogP contribution in [0, 0.1) is 0 Å². The van der Waals surface area contributed by atoms with E-state index in [-0.39, 0.29) is 0 Å². The van der Waals surface area contributed by atoms with Gasteiger partial charge >= 0.3 is 0 Å². The third-order valence-electron chi connectivity index (χ3n) is 12.2. The third kappa shape index (κ3) is 5.12. The molecule has 0 aliphatic heterocycles. The van der Waals surface area contributed by atoms with E-state index in [0.717, 1.165) is 71.8 Å². The van der Waals surface area contributed by atoms with Gasteiger partial charge in [0.25, 0.3) is 0 Å². The Morgan fingerprint density at radius 2 is 0.820 bits per heavy atom. The average Bonchev–Trinajstić information content (AvgIpc) is 3.97. The molecule has 0 saturated heterocycles. The van der Waals surface area contributed by atoms with E-state index in [1.807, 2.05) is 60.7 Å². The van der Waals surface area contributed by atoms with Crippen LogP contribution in [0.5, 0.6) is 0 Å². The molecular formula is C55H33N5O. The maximum atomic E-state index is 6.82. The first-order chi connectivity index (χ1) is 30.2. The van der Waals surface area contributed by atoms with Gasteiger partial charge in [0.05, 0.1) is 27.8 Å². The molecule has 0 radical (unpaired) electrons. The molecule has 0 fully saturated rings. The summed E-state index contributed by atoms with van der Waals surface area (Å²) in [5.74, 6) is 1.90. The molecule has 0 spiro atoms. The Morgan fingerprint density at radius 3 is 1.46 bits per heavy atom. The highest BCUT2D eigenvalue weighted by Crippen LogP contribution is 2.42. The predicted molar refractivity (Wildman–Crippen MR) is 250 cm³/mol. The Morgan fingerprint density at radius 1 is 0.311 bits per heavy atom. The molecule has 284 valence electrons. The summed E-state index contributed by atoms with van der Waals surface area (Å²) in [5, 5.41) is 9.15. The summed E-state index contributed by atoms with van der Waals surface area (Å²) in [6, 6.07) is 70.2. The predicted octanol–water partition coefficient (Wildman–Crippen LogP) is 14.1. The quantitative estimate of drug-likeness (QED) is 0.175. The lowest BCUT2D eigenvalue weighted by molar-refractivity contribution is 0.669. The highest BCUT2D eigenvalue weighted by atomic mass is 16.3. The lowest BCUT2D eigenvalue weighted by Crippen LogP contribution is -2.01. The summed E-state index contributed by atoms with van der Waals surface area (Å²) in [5.41, 5.74) is 11.2. The third-order valence-corrected chi connectivity index (χ3v) is 12.2. The van der Waals surface area contributed by atoms with E-state index in [0.29, 0.717) is 17.5 Å². The van der Waals surface area contributed by atoms with Gasteiger partial charge in [0.2, 0.25) is 0 Å². The molecule has 0 atom stereocenters. The Hall–Kier alpha value is -8.35. The first-order valence-electron chi connectivity index (χ1n) is 20.5. The van der Waals surface area contributed by atoms with E-state index < -0.39 is 0 Å². The van der Waals surface area contributed by atoms with Crippen LogP contribution >= 0.6 is 0 Å². The zero-order valence-electron chi connectivity index (χ0n) is 32.7. The van der Waals surface area contributed by atoms with Gasteiger partial charge in [-0.2, -0.15) is 0 Å². The minimum atomic E-state index is 0.627. The van der Waals surface area contributed by atoms with E-state index in [1.54, 1.807) is 0 Å². The fraction of sp³-hybridized carbons (Fsp3) is 0. The molecule has 6 nitrogen and oxygen atoms in total. The number of furan rings is 1. The molecule has 0 aliphatic carbocycles. The zero-order chi connectivity index (χ0) is 40.0. The summed E-state index contributed by atoms with van der Waals surface area (Å²) < 4.78 is 11.5. The number of fused-ring (bicyclic) bond motifs is 10. The van der Waals surface area contributed by atoms with E-state index in [2.05, 4.69) is 149 Å². The highest BCUT2D eigenvalue weighted by Gasteiger charge is 2.21. The van der Waals surface area contributed by atoms with Crippen molar-refractivity contribution in [2.24, 2.45) is 0 Å². The molecule has 6 heteroatoms. The van der Waals surface area contributed by atoms with Gasteiger partial charge < -0.3 is 13.6 Å². The summed E-state index contributed by atoms with van der Waals surface area (Å²) in [6.07, 6.45) is 0. The monoisotopic (exact) mass is 779 g/mol. The number of hydrogen-bond donors (Lipinski definition) is 0. The molecule has 9 aromatic carbocycles. The fourth-order valence-electron chi connectivity index (χ4n) is 9.43. The summed E-state index contributed by atoms with van der Waals surface area (Å²) in [7, 11) is 0. The minimum Gasteiger partial charge on any atom is -0.456 e. The topological polar surface area (TPSA) is 61.7 Å². The van der Waals surface area contributed by atoms with E-state index in [4.69, 9.17) is 19.4 Å². The van der Waals surface area contributed by atoms with Gasteiger partial charge in [-0.15, -0.1) is 0 Å². The average molecular weight is 780 g/mol. The second-order valence-electron chi connectivity index (χ2n) is 15.6. The maximum Gasteiger partial charge on any atom is 0.164 e. The molecule has 4 aromatic heterocycles. The van der Waals surface area contributed by atoms with Crippen LogP contribution in [0.15, 0.2) is 205 Å². The van der Waals surface area contributed by atoms with Crippen molar-refractivity contribution in [2.75, 3.05) is 0 Å². The van der Waals surface area contributed by atoms with Crippen LogP contribution in [0.1, 0.15) is 0 Å². The lowest BCUT2D eigenvalue weighted by atomic mass is 10.0. The number of rotatable bonds is 5. The van der Waals surface area contributed by atoms with Crippen molar-refractivity contribution in [3.05, 3.63) is 200 Å². The molecule has 0 N–H and O–H groups in total. The van der Waals surface area contributed by atoms with Crippen LogP contribution in [-0.4, -0.2) is 24.1 Å². The van der Waals surface area contributed by atoms with Crippen molar-refractivity contribution in [2.45, 2.75) is 0 Å². The molecule has 0 unspecified atom stereocenters. The van der Waals surface area contributed by atoms with Gasteiger partial charge in [0, 0.05) is 72.2 Å². The van der Waals surface area contributed by atoms with Crippen LogP contribution in [0.3, 0.4) is 0 Å². The molecule has 0 bridgehead atoms. The minimum absolute atomic E-state index is 0.627. The Labute approximate surface area is 349 Å². The second kappa shape index (κ2) is 13.1. The van der Waals surface area contributed by atoms with Gasteiger partial charge in [-0.05, 0) is 53.9 Å². The van der Waals surface area contributed by atoms with Gasteiger partial charge in [-0.1, -0.05) is 140 Å². The summed E-state index contributed by atoms with van der Waals surface area (Å²) >= 11 is 0. The highest BCUT2D eigenvalue weighted by molar-refractivity contribution is 6.18. The number of hydrogen-bond acceptors (Lipinski definition) is 4. The normalized spacial score (nSPS) is 11.9. The van der Waals surface area contributed by atoms with Crippen LogP contribution in [0.25, 0.3) is 122 Å². The summed E-state index contributed by atoms with van der Waals surface area (Å²) in [6.45, 7) is 0. The van der Waals surface area contributed by atoms with Gasteiger partial charge in [0.15, 0.2) is 17.5 Å². The van der Waals surface area contributed by atoms with Crippen molar-refractivity contribution in [1.29, 1.82) is 0 Å². The second-order valence-corrected chi connectivity index (χ2v) is 15.6. The maximum absolute atomic E-state index is 6.82.